The predicted molar refractivity (Wildman–Crippen MR) is 64.7 cm³/mol. The molecule has 0 aromatic carbocycles. The fourth-order valence-corrected chi connectivity index (χ4v) is 3.37. The minimum atomic E-state index is -1.64. The third-order valence-corrected chi connectivity index (χ3v) is 4.51. The molecule has 2 aliphatic rings. The highest BCUT2D eigenvalue weighted by Crippen LogP contribution is 2.44. The van der Waals surface area contributed by atoms with Crippen LogP contribution in [0.1, 0.15) is 13.3 Å². The van der Waals surface area contributed by atoms with Crippen molar-refractivity contribution in [2.75, 3.05) is 5.75 Å². The van der Waals surface area contributed by atoms with Gasteiger partial charge in [-0.3, -0.25) is 14.5 Å². The zero-order valence-electron chi connectivity index (χ0n) is 9.04. The molecule has 0 aromatic heterocycles. The van der Waals surface area contributed by atoms with Crippen LogP contribution in [0.15, 0.2) is 0 Å². The Bertz CT molecular complexity index is 400. The molecule has 17 heavy (non-hydrogen) atoms. The topological polar surface area (TPSA) is 86.7 Å². The molecular formula is C9H12N2O4S2. The first kappa shape index (κ1) is 12.6. The Balaban J connectivity index is 2.25. The Morgan fingerprint density at radius 2 is 2.35 bits per heavy atom. The average molecular weight is 276 g/mol. The number of thioether (sulfide) groups is 1. The van der Waals surface area contributed by atoms with Crippen molar-refractivity contribution in [3.05, 3.63) is 0 Å². The van der Waals surface area contributed by atoms with Crippen molar-refractivity contribution in [2.24, 2.45) is 0 Å². The number of carboxylic acids is 1. The molecule has 2 N–H and O–H groups in total. The minimum Gasteiger partial charge on any atom is -0.477 e. The van der Waals surface area contributed by atoms with Crippen LogP contribution in [0.25, 0.3) is 0 Å². The SMILES string of the molecule is CC(S)C(=O)NC1(C(=O)O)SCC2CC(=O)N21. The molecule has 2 aliphatic heterocycles. The normalized spacial score (nSPS) is 32.7. The Hall–Kier alpha value is -0.890. The summed E-state index contributed by atoms with van der Waals surface area (Å²) in [4.78, 5) is 34.0. The van der Waals surface area contributed by atoms with E-state index in [1.54, 1.807) is 6.92 Å². The lowest BCUT2D eigenvalue weighted by Gasteiger charge is -2.43. The Kier molecular flexibility index (Phi) is 3.03. The van der Waals surface area contributed by atoms with Crippen LogP contribution in [0.2, 0.25) is 0 Å². The van der Waals surface area contributed by atoms with Gasteiger partial charge in [-0.25, -0.2) is 4.79 Å². The number of amides is 2. The second-order valence-corrected chi connectivity index (χ2v) is 6.03. The summed E-state index contributed by atoms with van der Waals surface area (Å²) in [7, 11) is 0. The minimum absolute atomic E-state index is 0.0841. The highest BCUT2D eigenvalue weighted by Gasteiger charge is 2.61. The average Bonchev–Trinajstić information content (AvgIpc) is 2.51. The quantitative estimate of drug-likeness (QED) is 0.478. The lowest BCUT2D eigenvalue weighted by atomic mass is 10.0. The molecule has 2 amide bonds. The Labute approximate surface area is 108 Å². The third kappa shape index (κ3) is 1.79. The molecular weight excluding hydrogens is 264 g/mol. The second-order valence-electron chi connectivity index (χ2n) is 4.05. The first-order valence-corrected chi connectivity index (χ1v) is 6.58. The number of thiol groups is 1. The van der Waals surface area contributed by atoms with E-state index in [9.17, 15) is 19.5 Å². The van der Waals surface area contributed by atoms with Crippen molar-refractivity contribution >= 4 is 42.2 Å². The number of hydrogen-bond donors (Lipinski definition) is 3. The van der Waals surface area contributed by atoms with Gasteiger partial charge in [0.05, 0.1) is 11.3 Å². The lowest BCUT2D eigenvalue weighted by Crippen LogP contribution is -2.69. The van der Waals surface area contributed by atoms with E-state index in [1.807, 2.05) is 0 Å². The van der Waals surface area contributed by atoms with Gasteiger partial charge in [0, 0.05) is 12.2 Å². The number of carbonyl (C=O) groups is 3. The Morgan fingerprint density at radius 3 is 2.82 bits per heavy atom. The molecule has 6 nitrogen and oxygen atoms in total. The number of carboxylic acid groups (broad SMARTS) is 1. The summed E-state index contributed by atoms with van der Waals surface area (Å²) in [6, 6.07) is -0.0841. The van der Waals surface area contributed by atoms with Crippen molar-refractivity contribution < 1.29 is 19.5 Å². The zero-order chi connectivity index (χ0) is 12.8. The number of rotatable bonds is 3. The molecule has 0 aliphatic carbocycles. The van der Waals surface area contributed by atoms with E-state index in [0.717, 1.165) is 11.8 Å². The summed E-state index contributed by atoms with van der Waals surface area (Å²) in [6.45, 7) is 1.54. The van der Waals surface area contributed by atoms with Crippen molar-refractivity contribution in [1.82, 2.24) is 10.2 Å². The van der Waals surface area contributed by atoms with E-state index in [-0.39, 0.29) is 11.9 Å². The van der Waals surface area contributed by atoms with E-state index in [4.69, 9.17) is 0 Å². The van der Waals surface area contributed by atoms with Crippen LogP contribution in [0.3, 0.4) is 0 Å². The summed E-state index contributed by atoms with van der Waals surface area (Å²) < 4.78 is 0. The van der Waals surface area contributed by atoms with Crippen LogP contribution in [0.5, 0.6) is 0 Å². The van der Waals surface area contributed by atoms with Crippen LogP contribution in [0.4, 0.5) is 0 Å². The van der Waals surface area contributed by atoms with Gasteiger partial charge in [0.1, 0.15) is 0 Å². The van der Waals surface area contributed by atoms with Crippen molar-refractivity contribution in [1.29, 1.82) is 0 Å². The number of aliphatic carboxylic acids is 1. The lowest BCUT2D eigenvalue weighted by molar-refractivity contribution is -0.165. The Morgan fingerprint density at radius 1 is 1.71 bits per heavy atom. The van der Waals surface area contributed by atoms with E-state index in [1.165, 1.54) is 4.90 Å². The monoisotopic (exact) mass is 276 g/mol. The number of nitrogens with one attached hydrogen (secondary N) is 1. The zero-order valence-corrected chi connectivity index (χ0v) is 10.8. The molecule has 0 bridgehead atoms. The van der Waals surface area contributed by atoms with Crippen LogP contribution in [0, 0.1) is 0 Å². The van der Waals surface area contributed by atoms with E-state index < -0.39 is 22.1 Å². The van der Waals surface area contributed by atoms with Crippen molar-refractivity contribution in [3.63, 3.8) is 0 Å². The largest absolute Gasteiger partial charge is 0.477 e. The molecule has 2 fully saturated rings. The number of fused-ring (bicyclic) bond motifs is 1. The van der Waals surface area contributed by atoms with Gasteiger partial charge >= 0.3 is 5.97 Å². The molecule has 2 saturated heterocycles. The molecule has 0 radical (unpaired) electrons. The van der Waals surface area contributed by atoms with Gasteiger partial charge in [0.15, 0.2) is 0 Å². The van der Waals surface area contributed by atoms with E-state index >= 15 is 0 Å². The number of nitrogens with zero attached hydrogens (tertiary/aromatic N) is 1. The molecule has 0 spiro atoms. The summed E-state index contributed by atoms with van der Waals surface area (Å²) >= 11 is 5.01. The third-order valence-electron chi connectivity index (χ3n) is 2.83. The first-order valence-electron chi connectivity index (χ1n) is 5.08. The summed E-state index contributed by atoms with van der Waals surface area (Å²) in [5.74, 6) is -1.43. The van der Waals surface area contributed by atoms with E-state index in [2.05, 4.69) is 17.9 Å². The molecule has 0 saturated carbocycles. The van der Waals surface area contributed by atoms with Crippen LogP contribution < -0.4 is 5.32 Å². The molecule has 2 heterocycles. The highest BCUT2D eigenvalue weighted by molar-refractivity contribution is 8.01. The number of hydrogen-bond acceptors (Lipinski definition) is 5. The van der Waals surface area contributed by atoms with Crippen molar-refractivity contribution in [2.45, 2.75) is 29.6 Å². The molecule has 2 rings (SSSR count). The number of β-lactam (4-membered cyclic amide) rings is 1. The first-order chi connectivity index (χ1) is 7.88. The van der Waals surface area contributed by atoms with Gasteiger partial charge in [-0.2, -0.15) is 12.6 Å². The fourth-order valence-electron chi connectivity index (χ4n) is 1.92. The van der Waals surface area contributed by atoms with Crippen molar-refractivity contribution in [3.8, 4) is 0 Å². The molecule has 3 unspecified atom stereocenters. The van der Waals surface area contributed by atoms with Gasteiger partial charge in [-0.1, -0.05) is 11.8 Å². The molecule has 8 heteroatoms. The maximum atomic E-state index is 11.6. The smallest absolute Gasteiger partial charge is 0.362 e. The molecule has 94 valence electrons. The van der Waals surface area contributed by atoms with Gasteiger partial charge < -0.3 is 10.4 Å². The van der Waals surface area contributed by atoms with Gasteiger partial charge in [0.2, 0.25) is 11.8 Å². The summed E-state index contributed by atoms with van der Waals surface area (Å²) in [6.07, 6.45) is 0.355. The predicted octanol–water partition coefficient (Wildman–Crippen LogP) is -0.493. The van der Waals surface area contributed by atoms with E-state index in [0.29, 0.717) is 12.2 Å². The maximum absolute atomic E-state index is 11.6. The standard InChI is InChI=1S/C9H12N2O4S2/c1-4(16)7(13)10-9(8(14)15)11-5(3-17-9)2-6(11)12/h4-5,16H,2-3H2,1H3,(H,10,13)(H,14,15). The van der Waals surface area contributed by atoms with Gasteiger partial charge in [0.25, 0.3) is 4.99 Å². The van der Waals surface area contributed by atoms with Gasteiger partial charge in [-0.05, 0) is 6.92 Å². The second kappa shape index (κ2) is 4.09. The van der Waals surface area contributed by atoms with Crippen LogP contribution in [-0.2, 0) is 14.4 Å². The molecule has 3 atom stereocenters. The summed E-state index contributed by atoms with van der Waals surface area (Å²) in [5, 5.41) is 11.1. The highest BCUT2D eigenvalue weighted by atomic mass is 32.2. The number of carbonyl (C=O) groups excluding carboxylic acids is 2. The summed E-state index contributed by atoms with van der Waals surface area (Å²) in [5.41, 5.74) is 0. The maximum Gasteiger partial charge on any atom is 0.362 e. The molecule has 0 aromatic rings. The van der Waals surface area contributed by atoms with Crippen LogP contribution >= 0.6 is 24.4 Å². The fraction of sp³-hybridized carbons (Fsp3) is 0.667. The van der Waals surface area contributed by atoms with Crippen LogP contribution in [-0.4, -0.2) is 49.8 Å². The van der Waals surface area contributed by atoms with Gasteiger partial charge in [-0.15, -0.1) is 0 Å².